The van der Waals surface area contributed by atoms with Gasteiger partial charge in [-0.3, -0.25) is 52.0 Å². The molecule has 0 saturated heterocycles. The zero-order chi connectivity index (χ0) is 90.0. The number of carboxylic acid groups (broad SMARTS) is 1. The van der Waals surface area contributed by atoms with Crippen molar-refractivity contribution in [2.24, 2.45) is 14.1 Å². The fourth-order valence-electron chi connectivity index (χ4n) is 13.2. The average Bonchev–Trinajstić information content (AvgIpc) is 0.710. The summed E-state index contributed by atoms with van der Waals surface area (Å²) in [6.45, 7) is 0.161. The lowest BCUT2D eigenvalue weighted by Crippen LogP contribution is -2.29. The van der Waals surface area contributed by atoms with Gasteiger partial charge in [-0.1, -0.05) is 115 Å². The second kappa shape index (κ2) is 38.5. The topological polar surface area (TPSA) is 630 Å². The second-order valence-corrected chi connectivity index (χ2v) is 33.3. The van der Waals surface area contributed by atoms with Gasteiger partial charge >= 0.3 is 37.8 Å². The molecule has 12 aromatic rings. The number of aliphatic carboxylic acids is 1. The van der Waals surface area contributed by atoms with Crippen LogP contribution in [0.5, 0.6) is 0 Å². The summed E-state index contributed by atoms with van der Waals surface area (Å²) < 4.78 is 192. The lowest BCUT2D eigenvalue weighted by molar-refractivity contribution is -0.136. The summed E-state index contributed by atoms with van der Waals surface area (Å²) in [5, 5.41) is 25.3. The van der Waals surface area contributed by atoms with Crippen molar-refractivity contribution in [3.05, 3.63) is 240 Å². The van der Waals surface area contributed by atoms with Gasteiger partial charge in [0.05, 0.1) is 66.6 Å². The molecule has 124 heavy (non-hydrogen) atoms. The number of carbonyl (C=O) groups excluding carboxylic acids is 5. The zero-order valence-electron chi connectivity index (χ0n) is 63.0. The number of rotatable bonds is 29. The Labute approximate surface area is 711 Å². The maximum atomic E-state index is 14.9. The first-order chi connectivity index (χ1) is 58.7. The third kappa shape index (κ3) is 21.0. The molecule has 2 aliphatic carbocycles. The highest BCUT2D eigenvalue weighted by atomic mass is 32.2. The van der Waals surface area contributed by atoms with Crippen LogP contribution in [0, 0.1) is 0 Å². The quantitative estimate of drug-likeness (QED) is 0.00788. The Bertz CT molecular complexity index is 7280. The molecule has 0 atom stereocenters. The first kappa shape index (κ1) is 90.9. The van der Waals surface area contributed by atoms with Crippen LogP contribution in [-0.4, -0.2) is 188 Å². The average molecular weight is 1840 g/mol. The molecule has 2 aliphatic rings. The van der Waals surface area contributed by atoms with Crippen LogP contribution in [0.3, 0.4) is 0 Å². The smallest absolute Gasteiger partial charge is 0.425 e. The summed E-state index contributed by atoms with van der Waals surface area (Å²) in [6.07, 6.45) is -0.701. The number of thioether (sulfide) groups is 2. The van der Waals surface area contributed by atoms with E-state index >= 15 is 0 Å². The molecule has 0 amide bonds. The van der Waals surface area contributed by atoms with E-state index in [0.717, 1.165) is 52.4 Å². The number of nitrogens with one attached hydrogen (secondary N) is 5. The van der Waals surface area contributed by atoms with Crippen LogP contribution in [-0.2, 0) is 97.0 Å². The van der Waals surface area contributed by atoms with Crippen molar-refractivity contribution < 1.29 is 115 Å². The van der Waals surface area contributed by atoms with Crippen LogP contribution in [0.1, 0.15) is 81.5 Å². The van der Waals surface area contributed by atoms with E-state index in [1.165, 1.54) is 79.3 Å². The SMILES string of the molecule is Cn1c(=O)c(C(=O)c2ccccc2)c2c3c(c(Nc4ccc(S(=O)(=O)O)c(Cc5nc(NCCNc6nc(Nc7ccc(S(=O)(=O)O)c(Nc8ccc9c%10c8C(=O)c8ccccc8-c%10c(C(=O)c8cccc(S(=O)(=O)O)c8)c(=O)n9C)c7)nc(SCCOC=O)n6)nc(SCCC(=O)O)n5)c4)ccc31)C(=O)c1ccccc1-2.O=S(=O)=O.O=S(=O)=O.O=S(=O)=O. The lowest BCUT2D eigenvalue weighted by Gasteiger charge is -2.26. The van der Waals surface area contributed by atoms with Gasteiger partial charge in [-0.25, -0.2) is 4.98 Å². The van der Waals surface area contributed by atoms with Crippen molar-refractivity contribution in [1.82, 2.24) is 39.0 Å². The van der Waals surface area contributed by atoms with Gasteiger partial charge in [0.25, 0.3) is 47.9 Å². The number of carbonyl (C=O) groups is 6. The molecule has 4 heterocycles. The largest absolute Gasteiger partial charge is 0.481 e. The molecule has 8 aromatic carbocycles. The summed E-state index contributed by atoms with van der Waals surface area (Å²) in [5.74, 6) is -3.90. The Hall–Kier alpha value is -13.9. The predicted octanol–water partition coefficient (Wildman–Crippen LogP) is 6.55. The molecular formula is C75H57N13O28S8. The van der Waals surface area contributed by atoms with E-state index < -0.39 is 129 Å². The first-order valence-corrected chi connectivity index (χ1v) is 44.3. The second-order valence-electron chi connectivity index (χ2n) is 25.7. The van der Waals surface area contributed by atoms with Crippen molar-refractivity contribution in [2.75, 3.05) is 57.8 Å². The number of anilines is 8. The van der Waals surface area contributed by atoms with E-state index in [-0.39, 0.29) is 179 Å². The van der Waals surface area contributed by atoms with Gasteiger partial charge in [0.1, 0.15) is 17.3 Å². The van der Waals surface area contributed by atoms with Crippen LogP contribution < -0.4 is 37.7 Å². The third-order valence-electron chi connectivity index (χ3n) is 18.1. The summed E-state index contributed by atoms with van der Waals surface area (Å²) in [5.41, 5.74) is -0.507. The number of ether oxygens (including phenoxy) is 1. The molecule has 9 N–H and O–H groups in total. The predicted molar refractivity (Wildman–Crippen MR) is 442 cm³/mol. The minimum absolute atomic E-state index is 0.00685. The van der Waals surface area contributed by atoms with Gasteiger partial charge in [-0.05, 0) is 89.5 Å². The van der Waals surface area contributed by atoms with Gasteiger partial charge in [0, 0.05) is 101 Å². The minimum atomic E-state index is -5.08. The monoisotopic (exact) mass is 1840 g/mol. The van der Waals surface area contributed by atoms with Crippen molar-refractivity contribution in [3.8, 4) is 22.3 Å². The highest BCUT2D eigenvalue weighted by molar-refractivity contribution is 7.99. The standard InChI is InChI=1S/C75H57N13O19S5.3O3S/c1-87-51-23-21-48(59-61(51)57(44-15-6-8-17-46(44)67(59)94)63(69(87)96)65(92)38-11-4-3-5-12-38)78-41-19-25-53(111(101,102)103)40(33-41)35-55-81-71(84-74(82-55)108-31-27-56(90)91)76-28-29-77-72-83-73(86-75(85-72)109-32-30-107-37-89)79-42-20-26-54(112(104,105)106)50(36-42)80-49-22-24-52-62-58(45-16-7-9-18-47(45)68(95)60(49)62)64(70(97)88(52)2)66(93)39-13-10-14-43(34-39)110(98,99)100;3*1-4(2)3/h3-26,33-34,36-37,78,80H,27-32,35H2,1-2H3,(H,90,91)(H,98,99,100)(H,101,102,103)(H,104,105,106)(H,76,81,82,84)(H2,77,79,83,85,86);;;. The number of carboxylic acids is 1. The van der Waals surface area contributed by atoms with E-state index in [2.05, 4.69) is 56.5 Å². The fourth-order valence-corrected chi connectivity index (χ4v) is 16.5. The lowest BCUT2D eigenvalue weighted by atomic mass is 9.80. The van der Waals surface area contributed by atoms with Crippen LogP contribution >= 0.6 is 23.5 Å². The van der Waals surface area contributed by atoms with Crippen molar-refractivity contribution in [1.29, 1.82) is 0 Å². The number of fused-ring (bicyclic) bond motifs is 4. The molecule has 0 unspecified atom stereocenters. The number of hydrogen-bond donors (Lipinski definition) is 9. The van der Waals surface area contributed by atoms with Gasteiger partial charge in [-0.2, -0.15) is 50.2 Å². The number of nitrogens with zero attached hydrogens (tertiary/aromatic N) is 8. The minimum Gasteiger partial charge on any atom is -0.481 e. The maximum absolute atomic E-state index is 14.9. The summed E-state index contributed by atoms with van der Waals surface area (Å²) in [4.78, 5) is 135. The van der Waals surface area contributed by atoms with Gasteiger partial charge < -0.3 is 45.6 Å². The molecule has 0 saturated carbocycles. The van der Waals surface area contributed by atoms with Crippen LogP contribution in [0.4, 0.5) is 46.3 Å². The van der Waals surface area contributed by atoms with E-state index in [4.69, 9.17) is 42.6 Å². The summed E-state index contributed by atoms with van der Waals surface area (Å²) >= 11 is 2.00. The Morgan fingerprint density at radius 3 is 1.44 bits per heavy atom. The van der Waals surface area contributed by atoms with Gasteiger partial charge in [-0.15, -0.1) is 37.9 Å². The van der Waals surface area contributed by atoms with Crippen LogP contribution in [0.25, 0.3) is 44.1 Å². The third-order valence-corrected chi connectivity index (χ3v) is 22.5. The molecule has 638 valence electrons. The number of aryl methyl sites for hydroxylation is 2. The zero-order valence-corrected chi connectivity index (χ0v) is 69.6. The Morgan fingerprint density at radius 2 is 0.927 bits per heavy atom. The van der Waals surface area contributed by atoms with E-state index in [0.29, 0.717) is 16.5 Å². The molecule has 0 aliphatic heterocycles. The Balaban J connectivity index is 0.00000117. The highest BCUT2D eigenvalue weighted by Gasteiger charge is 2.37. The van der Waals surface area contributed by atoms with Crippen molar-refractivity contribution in [3.63, 3.8) is 0 Å². The molecule has 4 aromatic heterocycles. The molecular weight excluding hydrogens is 1790 g/mol. The highest BCUT2D eigenvalue weighted by Crippen LogP contribution is 2.47. The Kier molecular flexibility index (Phi) is 28.2. The van der Waals surface area contributed by atoms with E-state index in [1.54, 1.807) is 78.9 Å². The number of ketones is 4. The molecule has 0 bridgehead atoms. The van der Waals surface area contributed by atoms with Gasteiger partial charge in [0.15, 0.2) is 33.4 Å². The number of hydrogen-bond acceptors (Lipinski definition) is 37. The van der Waals surface area contributed by atoms with E-state index in [9.17, 15) is 82.4 Å². The number of aromatic nitrogens is 8. The van der Waals surface area contributed by atoms with Crippen molar-refractivity contribution in [2.45, 2.75) is 37.8 Å². The van der Waals surface area contributed by atoms with Crippen LogP contribution in [0.2, 0.25) is 0 Å². The molecule has 0 radical (unpaired) electrons. The summed E-state index contributed by atoms with van der Waals surface area (Å²) in [6, 6.07) is 38.8. The number of benzene rings is 8. The molecule has 14 rings (SSSR count). The molecule has 0 fully saturated rings. The van der Waals surface area contributed by atoms with Crippen molar-refractivity contribution >= 4 is 189 Å². The normalized spacial score (nSPS) is 11.7. The Morgan fingerprint density at radius 1 is 0.468 bits per heavy atom. The number of pyridine rings is 2. The van der Waals surface area contributed by atoms with E-state index in [1.807, 2.05) is 0 Å². The van der Waals surface area contributed by atoms with Crippen LogP contribution in [0.15, 0.2) is 198 Å². The summed E-state index contributed by atoms with van der Waals surface area (Å²) in [7, 11) is -21.4. The molecule has 41 nitrogen and oxygen atoms in total. The molecule has 0 spiro atoms. The fraction of sp³-hybridized carbons (Fsp3) is 0.120. The first-order valence-electron chi connectivity index (χ1n) is 35.0. The van der Waals surface area contributed by atoms with Gasteiger partial charge in [0.2, 0.25) is 17.8 Å². The molecule has 49 heteroatoms. The maximum Gasteiger partial charge on any atom is 0.425 e.